The Morgan fingerprint density at radius 3 is 1.37 bits per heavy atom. The lowest BCUT2D eigenvalue weighted by molar-refractivity contribution is -0.220. The summed E-state index contributed by atoms with van der Waals surface area (Å²) >= 11 is 0. The van der Waals surface area contributed by atoms with E-state index in [1.807, 2.05) is 0 Å². The SMILES string of the molecule is CCCCCC/C=C\C/C=C\CCCCCCCCCC(=O)OC(COCCCCCCCCCCCCCCCCCCC)COP(=O)(O)OC1C(O)C(O)C(O)C(O)C1O. The lowest BCUT2D eigenvalue weighted by Gasteiger charge is -2.41. The van der Waals surface area contributed by atoms with E-state index in [0.29, 0.717) is 13.0 Å². The number of carbonyl (C=O) groups is 1. The van der Waals surface area contributed by atoms with E-state index < -0.39 is 63.1 Å². The summed E-state index contributed by atoms with van der Waals surface area (Å²) in [4.78, 5) is 23.2. The maximum absolute atomic E-state index is 12.8. The number of phosphoric ester groups is 1. The van der Waals surface area contributed by atoms with Gasteiger partial charge in [-0.3, -0.25) is 13.8 Å². The Kier molecular flexibility index (Phi) is 38.1. The summed E-state index contributed by atoms with van der Waals surface area (Å²) in [5.41, 5.74) is 0. The Morgan fingerprint density at radius 2 is 0.903 bits per heavy atom. The van der Waals surface area contributed by atoms with E-state index in [-0.39, 0.29) is 13.0 Å². The van der Waals surface area contributed by atoms with Crippen molar-refractivity contribution >= 4 is 13.8 Å². The molecule has 0 aromatic carbocycles. The van der Waals surface area contributed by atoms with Gasteiger partial charge in [0.2, 0.25) is 0 Å². The van der Waals surface area contributed by atoms with Gasteiger partial charge in [0.15, 0.2) is 0 Å². The van der Waals surface area contributed by atoms with Crippen molar-refractivity contribution in [3.05, 3.63) is 24.3 Å². The minimum absolute atomic E-state index is 0.0755. The first-order valence-electron chi connectivity index (χ1n) is 25.2. The minimum Gasteiger partial charge on any atom is -0.457 e. The van der Waals surface area contributed by atoms with Crippen LogP contribution in [0.25, 0.3) is 0 Å². The first-order chi connectivity index (χ1) is 30.0. The predicted molar refractivity (Wildman–Crippen MR) is 249 cm³/mol. The zero-order chi connectivity index (χ0) is 45.5. The van der Waals surface area contributed by atoms with Gasteiger partial charge >= 0.3 is 13.8 Å². The van der Waals surface area contributed by atoms with Crippen LogP contribution >= 0.6 is 7.82 Å². The van der Waals surface area contributed by atoms with Gasteiger partial charge in [0.05, 0.1) is 13.2 Å². The largest absolute Gasteiger partial charge is 0.472 e. The van der Waals surface area contributed by atoms with Crippen LogP contribution in [0.1, 0.15) is 219 Å². The highest BCUT2D eigenvalue weighted by Crippen LogP contribution is 2.47. The molecule has 1 rings (SSSR count). The second-order valence-corrected chi connectivity index (χ2v) is 19.1. The molecule has 6 unspecified atom stereocenters. The number of hydrogen-bond donors (Lipinski definition) is 6. The van der Waals surface area contributed by atoms with Crippen LogP contribution in [-0.2, 0) is 27.9 Å². The minimum atomic E-state index is -5.02. The molecule has 62 heavy (non-hydrogen) atoms. The molecule has 6 N–H and O–H groups in total. The fourth-order valence-corrected chi connectivity index (χ4v) is 8.77. The zero-order valence-electron chi connectivity index (χ0n) is 39.2. The molecule has 1 aliphatic carbocycles. The molecule has 1 aliphatic rings. The van der Waals surface area contributed by atoms with Crippen LogP contribution in [0, 0.1) is 0 Å². The van der Waals surface area contributed by atoms with E-state index in [0.717, 1.165) is 57.8 Å². The molecule has 0 saturated heterocycles. The molecular weight excluding hydrogens is 812 g/mol. The monoisotopic (exact) mass is 905 g/mol. The van der Waals surface area contributed by atoms with E-state index in [1.54, 1.807) is 0 Å². The smallest absolute Gasteiger partial charge is 0.457 e. The third-order valence-electron chi connectivity index (χ3n) is 11.8. The standard InChI is InChI=1S/C49H93O12P/c1-3-5-7-9-11-13-15-17-19-21-22-24-26-28-30-32-34-36-38-43(50)60-42(41-59-62(56,57)61-49-47(54)45(52)44(51)46(53)48(49)55)40-58-39-37-35-33-31-29-27-25-23-20-18-16-14-12-10-8-6-4-2/h13,15,19,21,42,44-49,51-55H,3-12,14,16-18,20,22-41H2,1-2H3,(H,56,57)/b15-13-,21-19-. The van der Waals surface area contributed by atoms with Crippen LogP contribution in [0.2, 0.25) is 0 Å². The quantitative estimate of drug-likeness (QED) is 0.0147. The van der Waals surface area contributed by atoms with Crippen molar-refractivity contribution in [2.75, 3.05) is 19.8 Å². The fourth-order valence-electron chi connectivity index (χ4n) is 7.80. The molecule has 0 heterocycles. The number of ether oxygens (including phenoxy) is 2. The molecule has 0 aliphatic heterocycles. The van der Waals surface area contributed by atoms with Gasteiger partial charge in [0, 0.05) is 13.0 Å². The van der Waals surface area contributed by atoms with Crippen LogP contribution in [0.3, 0.4) is 0 Å². The van der Waals surface area contributed by atoms with Crippen LogP contribution in [0.5, 0.6) is 0 Å². The summed E-state index contributed by atoms with van der Waals surface area (Å²) in [6, 6.07) is 0. The van der Waals surface area contributed by atoms with Gasteiger partial charge in [-0.05, 0) is 44.9 Å². The van der Waals surface area contributed by atoms with Crippen LogP contribution in [0.4, 0.5) is 0 Å². The molecule has 12 nitrogen and oxygen atoms in total. The second kappa shape index (κ2) is 40.1. The van der Waals surface area contributed by atoms with Gasteiger partial charge in [0.1, 0.15) is 42.7 Å². The van der Waals surface area contributed by atoms with Gasteiger partial charge in [-0.1, -0.05) is 192 Å². The molecule has 0 aromatic heterocycles. The molecule has 0 radical (unpaired) electrons. The number of aliphatic hydroxyl groups is 5. The van der Waals surface area contributed by atoms with E-state index in [9.17, 15) is 39.8 Å². The summed E-state index contributed by atoms with van der Waals surface area (Å²) in [7, 11) is -5.02. The Bertz CT molecular complexity index is 1120. The molecule has 1 saturated carbocycles. The highest BCUT2D eigenvalue weighted by Gasteiger charge is 2.51. The second-order valence-electron chi connectivity index (χ2n) is 17.7. The first kappa shape index (κ1) is 58.8. The number of carbonyl (C=O) groups excluding carboxylic acids is 1. The van der Waals surface area contributed by atoms with Crippen LogP contribution < -0.4 is 0 Å². The average molecular weight is 905 g/mol. The number of hydrogen-bond acceptors (Lipinski definition) is 11. The maximum atomic E-state index is 12.8. The highest BCUT2D eigenvalue weighted by atomic mass is 31.2. The molecule has 6 atom stereocenters. The lowest BCUT2D eigenvalue weighted by Crippen LogP contribution is -2.64. The molecule has 0 spiro atoms. The average Bonchev–Trinajstić information content (AvgIpc) is 3.26. The van der Waals surface area contributed by atoms with Gasteiger partial charge in [-0.15, -0.1) is 0 Å². The summed E-state index contributed by atoms with van der Waals surface area (Å²) in [6.07, 6.45) is 33.8. The normalized spacial score (nSPS) is 22.1. The number of rotatable bonds is 43. The zero-order valence-corrected chi connectivity index (χ0v) is 40.1. The van der Waals surface area contributed by atoms with Crippen molar-refractivity contribution < 1.29 is 58.3 Å². The first-order valence-corrected chi connectivity index (χ1v) is 26.7. The van der Waals surface area contributed by atoms with Crippen LogP contribution in [0.15, 0.2) is 24.3 Å². The summed E-state index contributed by atoms with van der Waals surface area (Å²) < 4.78 is 34.3. The van der Waals surface area contributed by atoms with Crippen molar-refractivity contribution in [1.82, 2.24) is 0 Å². The Hall–Kier alpha value is -1.18. The molecular formula is C49H93O12P. The number of aliphatic hydroxyl groups excluding tert-OH is 5. The number of allylic oxidation sites excluding steroid dienone is 4. The van der Waals surface area contributed by atoms with Gasteiger partial charge in [-0.2, -0.15) is 0 Å². The predicted octanol–water partition coefficient (Wildman–Crippen LogP) is 10.9. The van der Waals surface area contributed by atoms with Crippen molar-refractivity contribution in [3.63, 3.8) is 0 Å². The number of esters is 1. The lowest BCUT2D eigenvalue weighted by atomic mass is 9.85. The van der Waals surface area contributed by atoms with Gasteiger partial charge in [0.25, 0.3) is 0 Å². The topological polar surface area (TPSA) is 192 Å². The third kappa shape index (κ3) is 31.7. The van der Waals surface area contributed by atoms with Crippen molar-refractivity contribution in [2.45, 2.75) is 262 Å². The third-order valence-corrected chi connectivity index (χ3v) is 12.8. The number of unbranched alkanes of at least 4 members (excludes halogenated alkanes) is 27. The molecule has 0 bridgehead atoms. The molecule has 0 aromatic rings. The van der Waals surface area contributed by atoms with E-state index in [1.165, 1.54) is 135 Å². The molecule has 1 fully saturated rings. The van der Waals surface area contributed by atoms with E-state index in [4.69, 9.17) is 18.5 Å². The Morgan fingerprint density at radius 1 is 0.516 bits per heavy atom. The summed E-state index contributed by atoms with van der Waals surface area (Å²) in [6.45, 7) is 4.27. The van der Waals surface area contributed by atoms with Crippen LogP contribution in [-0.4, -0.2) is 98.9 Å². The molecule has 0 amide bonds. The Labute approximate surface area is 377 Å². The summed E-state index contributed by atoms with van der Waals surface area (Å²) in [5.74, 6) is -0.481. The highest BCUT2D eigenvalue weighted by molar-refractivity contribution is 7.47. The van der Waals surface area contributed by atoms with Crippen molar-refractivity contribution in [1.29, 1.82) is 0 Å². The van der Waals surface area contributed by atoms with Gasteiger partial charge < -0.3 is 39.9 Å². The van der Waals surface area contributed by atoms with E-state index >= 15 is 0 Å². The van der Waals surface area contributed by atoms with Gasteiger partial charge in [-0.25, -0.2) is 4.57 Å². The molecule has 366 valence electrons. The van der Waals surface area contributed by atoms with E-state index in [2.05, 4.69) is 38.2 Å². The van der Waals surface area contributed by atoms with Crippen molar-refractivity contribution in [3.8, 4) is 0 Å². The number of phosphoric acid groups is 1. The maximum Gasteiger partial charge on any atom is 0.472 e. The van der Waals surface area contributed by atoms with Crippen molar-refractivity contribution in [2.24, 2.45) is 0 Å². The molecule has 13 heteroatoms. The summed E-state index contributed by atoms with van der Waals surface area (Å²) in [5, 5.41) is 50.3. The fraction of sp³-hybridized carbons (Fsp3) is 0.898. The Balaban J connectivity index is 2.36.